The first kappa shape index (κ1) is 22.8. The average molecular weight is 470 g/mol. The second-order valence-corrected chi connectivity index (χ2v) is 9.44. The van der Waals surface area contributed by atoms with Gasteiger partial charge in [0.15, 0.2) is 5.82 Å². The quantitative estimate of drug-likeness (QED) is 0.606. The van der Waals surface area contributed by atoms with Crippen molar-refractivity contribution in [1.29, 1.82) is 0 Å². The number of ether oxygens (including phenoxy) is 1. The molecule has 4 N–H and O–H groups in total. The molecule has 5 heterocycles. The van der Waals surface area contributed by atoms with Crippen LogP contribution in [-0.4, -0.2) is 97.4 Å². The lowest BCUT2D eigenvalue weighted by Crippen LogP contribution is -2.55. The number of nitrogens with zero attached hydrogens (tertiary/aromatic N) is 5. The number of rotatable bonds is 4. The molecule has 0 unspecified atom stereocenters. The van der Waals surface area contributed by atoms with E-state index < -0.39 is 37.1 Å². The van der Waals surface area contributed by atoms with Crippen molar-refractivity contribution in [3.8, 4) is 0 Å². The molecule has 5 rings (SSSR count). The largest absolute Gasteiger partial charge is 0.401 e. The number of nitrogen functional groups attached to an aromatic ring is 1. The number of aliphatic hydroxyl groups is 2. The molecule has 1 spiro atoms. The standard InChI is InChI=1S/C21H29F3N6O3/c22-21(23,24)11-28-8-5-20(6-9-28)4-1-7-29(20)10-15-16(31)17(32)18(33-15)13-2-3-14-19(25)26-12-27-30(13)14/h2-3,12,15-18,31-32H,1,4-11H2,(H2,25,26,27)/t15-,16-,17-,18+/m1/s1. The zero-order valence-corrected chi connectivity index (χ0v) is 18.2. The van der Waals surface area contributed by atoms with Gasteiger partial charge in [0, 0.05) is 25.2 Å². The van der Waals surface area contributed by atoms with Crippen LogP contribution in [0.3, 0.4) is 0 Å². The first-order valence-corrected chi connectivity index (χ1v) is 11.3. The molecule has 12 heteroatoms. The van der Waals surface area contributed by atoms with Crippen LogP contribution in [0.2, 0.25) is 0 Å². The fraction of sp³-hybridized carbons (Fsp3) is 0.714. The van der Waals surface area contributed by atoms with Crippen molar-refractivity contribution in [1.82, 2.24) is 24.4 Å². The van der Waals surface area contributed by atoms with Gasteiger partial charge < -0.3 is 20.7 Å². The molecule has 0 saturated carbocycles. The van der Waals surface area contributed by atoms with Crippen LogP contribution in [-0.2, 0) is 4.74 Å². The third kappa shape index (κ3) is 4.18. The Balaban J connectivity index is 1.28. The fourth-order valence-corrected chi connectivity index (χ4v) is 5.78. The Morgan fingerprint density at radius 2 is 1.88 bits per heavy atom. The lowest BCUT2D eigenvalue weighted by atomic mass is 9.84. The predicted molar refractivity (Wildman–Crippen MR) is 112 cm³/mol. The van der Waals surface area contributed by atoms with E-state index in [0.29, 0.717) is 49.5 Å². The number of likely N-dealkylation sites (tertiary alicyclic amines) is 2. The molecule has 0 amide bonds. The highest BCUT2D eigenvalue weighted by molar-refractivity contribution is 5.65. The molecule has 3 saturated heterocycles. The Labute approximate surface area is 188 Å². The van der Waals surface area contributed by atoms with Gasteiger partial charge in [-0.3, -0.25) is 9.80 Å². The van der Waals surface area contributed by atoms with Gasteiger partial charge in [0.2, 0.25) is 0 Å². The molecule has 2 aromatic rings. The summed E-state index contributed by atoms with van der Waals surface area (Å²) in [4.78, 5) is 7.67. The summed E-state index contributed by atoms with van der Waals surface area (Å²) in [6, 6.07) is 3.49. The summed E-state index contributed by atoms with van der Waals surface area (Å²) in [5.41, 5.74) is 6.87. The molecule has 3 aliphatic heterocycles. The molecule has 0 radical (unpaired) electrons. The van der Waals surface area contributed by atoms with E-state index in [0.717, 1.165) is 19.4 Å². The van der Waals surface area contributed by atoms with Gasteiger partial charge in [0.25, 0.3) is 0 Å². The third-order valence-electron chi connectivity index (χ3n) is 7.50. The molecular formula is C21H29F3N6O3. The zero-order chi connectivity index (χ0) is 23.4. The number of fused-ring (bicyclic) bond motifs is 1. The normalized spacial score (nSPS) is 31.2. The number of aromatic nitrogens is 3. The highest BCUT2D eigenvalue weighted by Crippen LogP contribution is 2.41. The number of hydrogen-bond acceptors (Lipinski definition) is 8. The van der Waals surface area contributed by atoms with Crippen molar-refractivity contribution in [3.05, 3.63) is 24.2 Å². The van der Waals surface area contributed by atoms with Crippen LogP contribution in [0.15, 0.2) is 18.5 Å². The highest BCUT2D eigenvalue weighted by atomic mass is 19.4. The molecule has 0 aliphatic carbocycles. The first-order valence-electron chi connectivity index (χ1n) is 11.3. The number of piperidine rings is 1. The van der Waals surface area contributed by atoms with E-state index in [-0.39, 0.29) is 5.54 Å². The number of nitrogens with two attached hydrogens (primary N) is 1. The topological polar surface area (TPSA) is 112 Å². The van der Waals surface area contributed by atoms with Crippen LogP contribution in [0.5, 0.6) is 0 Å². The van der Waals surface area contributed by atoms with Gasteiger partial charge in [-0.15, -0.1) is 0 Å². The van der Waals surface area contributed by atoms with Gasteiger partial charge in [-0.05, 0) is 44.4 Å². The summed E-state index contributed by atoms with van der Waals surface area (Å²) in [6.45, 7) is 1.12. The highest BCUT2D eigenvalue weighted by Gasteiger charge is 2.49. The number of hydrogen-bond donors (Lipinski definition) is 3. The maximum Gasteiger partial charge on any atom is 0.401 e. The molecule has 2 aromatic heterocycles. The van der Waals surface area contributed by atoms with Crippen molar-refractivity contribution >= 4 is 11.3 Å². The van der Waals surface area contributed by atoms with E-state index >= 15 is 0 Å². The molecule has 0 bridgehead atoms. The lowest BCUT2D eigenvalue weighted by molar-refractivity contribution is -0.151. The maximum absolute atomic E-state index is 12.8. The number of alkyl halides is 3. The molecular weight excluding hydrogens is 441 g/mol. The Morgan fingerprint density at radius 1 is 1.12 bits per heavy atom. The van der Waals surface area contributed by atoms with Crippen LogP contribution in [0.4, 0.5) is 19.0 Å². The minimum atomic E-state index is -4.19. The Bertz CT molecular complexity index is 993. The summed E-state index contributed by atoms with van der Waals surface area (Å²) in [5.74, 6) is 0.303. The van der Waals surface area contributed by atoms with E-state index in [1.54, 1.807) is 16.6 Å². The van der Waals surface area contributed by atoms with Gasteiger partial charge in [0.1, 0.15) is 30.2 Å². The van der Waals surface area contributed by atoms with Crippen molar-refractivity contribution in [2.75, 3.05) is 38.5 Å². The fourth-order valence-electron chi connectivity index (χ4n) is 5.78. The number of anilines is 1. The smallest absolute Gasteiger partial charge is 0.388 e. The Morgan fingerprint density at radius 3 is 2.61 bits per heavy atom. The minimum absolute atomic E-state index is 0.183. The van der Waals surface area contributed by atoms with Gasteiger partial charge in [-0.1, -0.05) is 0 Å². The maximum atomic E-state index is 12.8. The van der Waals surface area contributed by atoms with E-state index in [1.165, 1.54) is 11.2 Å². The molecule has 0 aromatic carbocycles. The lowest BCUT2D eigenvalue weighted by Gasteiger charge is -2.46. The SMILES string of the molecule is Nc1ncnn2c([C@@H]3O[C@H](CN4CCCC45CCN(CC(F)(F)F)CC5)[C@@H](O)[C@H]3O)ccc12. The molecule has 33 heavy (non-hydrogen) atoms. The van der Waals surface area contributed by atoms with Crippen molar-refractivity contribution < 1.29 is 28.1 Å². The van der Waals surface area contributed by atoms with Crippen molar-refractivity contribution in [3.63, 3.8) is 0 Å². The van der Waals surface area contributed by atoms with E-state index in [4.69, 9.17) is 10.5 Å². The molecule has 9 nitrogen and oxygen atoms in total. The number of halogens is 3. The van der Waals surface area contributed by atoms with Gasteiger partial charge >= 0.3 is 6.18 Å². The van der Waals surface area contributed by atoms with E-state index in [9.17, 15) is 23.4 Å². The third-order valence-corrected chi connectivity index (χ3v) is 7.50. The average Bonchev–Trinajstić information content (AvgIpc) is 3.43. The van der Waals surface area contributed by atoms with Crippen LogP contribution < -0.4 is 5.73 Å². The second-order valence-electron chi connectivity index (χ2n) is 9.44. The van der Waals surface area contributed by atoms with Gasteiger partial charge in [-0.25, -0.2) is 9.50 Å². The van der Waals surface area contributed by atoms with Crippen LogP contribution in [0, 0.1) is 0 Å². The van der Waals surface area contributed by atoms with Gasteiger partial charge in [0.05, 0.1) is 18.3 Å². The molecule has 3 fully saturated rings. The van der Waals surface area contributed by atoms with E-state index in [2.05, 4.69) is 15.0 Å². The van der Waals surface area contributed by atoms with Crippen molar-refractivity contribution in [2.45, 2.75) is 61.8 Å². The van der Waals surface area contributed by atoms with Crippen molar-refractivity contribution in [2.24, 2.45) is 0 Å². The molecule has 4 atom stereocenters. The van der Waals surface area contributed by atoms with E-state index in [1.807, 2.05) is 0 Å². The van der Waals surface area contributed by atoms with Crippen LogP contribution in [0.1, 0.15) is 37.5 Å². The van der Waals surface area contributed by atoms with Crippen LogP contribution in [0.25, 0.3) is 5.52 Å². The Kier molecular flexibility index (Phi) is 5.76. The summed E-state index contributed by atoms with van der Waals surface area (Å²) >= 11 is 0. The Hall–Kier alpha value is -1.99. The molecule has 3 aliphatic rings. The monoisotopic (exact) mass is 470 g/mol. The van der Waals surface area contributed by atoms with Gasteiger partial charge in [-0.2, -0.15) is 18.3 Å². The summed E-state index contributed by atoms with van der Waals surface area (Å²) in [5, 5.41) is 25.7. The minimum Gasteiger partial charge on any atom is -0.388 e. The second kappa shape index (κ2) is 8.35. The van der Waals surface area contributed by atoms with Crippen LogP contribution >= 0.6 is 0 Å². The zero-order valence-electron chi connectivity index (χ0n) is 18.2. The summed E-state index contributed by atoms with van der Waals surface area (Å²) < 4.78 is 46.0. The molecule has 182 valence electrons. The number of aliphatic hydroxyl groups excluding tert-OH is 2. The summed E-state index contributed by atoms with van der Waals surface area (Å²) in [6.07, 6.45) is -3.35. The first-order chi connectivity index (χ1) is 15.7. The summed E-state index contributed by atoms with van der Waals surface area (Å²) in [7, 11) is 0. The predicted octanol–water partition coefficient (Wildman–Crippen LogP) is 0.966.